The molecule has 1 rings (SSSR count). The molecule has 0 spiro atoms. The van der Waals surface area contributed by atoms with E-state index in [1.54, 1.807) is 6.92 Å². The summed E-state index contributed by atoms with van der Waals surface area (Å²) in [4.78, 5) is 13.3. The predicted octanol–water partition coefficient (Wildman–Crippen LogP) is 2.39. The van der Waals surface area contributed by atoms with Gasteiger partial charge in [0.15, 0.2) is 0 Å². The molecule has 0 aliphatic carbocycles. The van der Waals surface area contributed by atoms with Crippen molar-refractivity contribution in [1.29, 1.82) is 0 Å². The van der Waals surface area contributed by atoms with E-state index in [0.29, 0.717) is 4.99 Å². The fourth-order valence-electron chi connectivity index (χ4n) is 1.16. The smallest absolute Gasteiger partial charge is 0.228 e. The average Bonchev–Trinajstić information content (AvgIpc) is 2.04. The molecule has 1 amide bonds. The first-order chi connectivity index (χ1) is 6.13. The van der Waals surface area contributed by atoms with Crippen LogP contribution in [0.25, 0.3) is 0 Å². The second-order valence-electron chi connectivity index (χ2n) is 2.71. The summed E-state index contributed by atoms with van der Waals surface area (Å²) in [6.45, 7) is 3.24. The number of carbonyl (C=O) groups excluding carboxylic acids is 1. The third-order valence-electron chi connectivity index (χ3n) is 1.64. The van der Waals surface area contributed by atoms with Crippen LogP contribution in [-0.4, -0.2) is 10.9 Å². The standard InChI is InChI=1S/C10H11NOS/c1-8(12)11(9(2)13)10-6-4-3-5-7-10/h3-7H,1-2H3. The zero-order chi connectivity index (χ0) is 9.84. The van der Waals surface area contributed by atoms with Crippen molar-refractivity contribution in [3.8, 4) is 0 Å². The van der Waals surface area contributed by atoms with Gasteiger partial charge in [-0.1, -0.05) is 30.4 Å². The Balaban J connectivity index is 3.03. The molecule has 0 aliphatic heterocycles. The molecule has 2 nitrogen and oxygen atoms in total. The molecule has 3 heteroatoms. The van der Waals surface area contributed by atoms with Crippen LogP contribution in [0.3, 0.4) is 0 Å². The summed E-state index contributed by atoms with van der Waals surface area (Å²) in [6.07, 6.45) is 0. The Hall–Kier alpha value is -1.22. The number of benzene rings is 1. The monoisotopic (exact) mass is 193 g/mol. The van der Waals surface area contributed by atoms with E-state index in [0.717, 1.165) is 5.69 Å². The summed E-state index contributed by atoms with van der Waals surface area (Å²) in [5, 5.41) is 0. The van der Waals surface area contributed by atoms with Gasteiger partial charge in [0.2, 0.25) is 5.91 Å². The first kappa shape index (κ1) is 9.86. The highest BCUT2D eigenvalue weighted by Crippen LogP contribution is 2.13. The number of para-hydroxylation sites is 1. The normalized spacial score (nSPS) is 9.38. The summed E-state index contributed by atoms with van der Waals surface area (Å²) in [7, 11) is 0. The Morgan fingerprint density at radius 3 is 2.15 bits per heavy atom. The molecule has 1 aromatic rings. The molecule has 0 fully saturated rings. The van der Waals surface area contributed by atoms with Gasteiger partial charge in [-0.15, -0.1) is 0 Å². The first-order valence-electron chi connectivity index (χ1n) is 3.99. The van der Waals surface area contributed by atoms with Gasteiger partial charge in [-0.2, -0.15) is 0 Å². The van der Waals surface area contributed by atoms with E-state index in [1.165, 1.54) is 11.8 Å². The Bertz CT molecular complexity index is 307. The second kappa shape index (κ2) is 4.14. The van der Waals surface area contributed by atoms with Crippen molar-refractivity contribution in [2.45, 2.75) is 13.8 Å². The van der Waals surface area contributed by atoms with Gasteiger partial charge in [0.25, 0.3) is 0 Å². The third kappa shape index (κ3) is 2.36. The molecular formula is C10H11NOS. The van der Waals surface area contributed by atoms with Crippen molar-refractivity contribution in [3.05, 3.63) is 30.3 Å². The van der Waals surface area contributed by atoms with Crippen LogP contribution in [0.2, 0.25) is 0 Å². The van der Waals surface area contributed by atoms with E-state index in [1.807, 2.05) is 30.3 Å². The Kier molecular flexibility index (Phi) is 3.14. The molecule has 0 saturated heterocycles. The molecule has 0 atom stereocenters. The minimum absolute atomic E-state index is 0.0568. The minimum Gasteiger partial charge on any atom is -0.275 e. The van der Waals surface area contributed by atoms with Crippen LogP contribution in [0.4, 0.5) is 5.69 Å². The highest BCUT2D eigenvalue weighted by Gasteiger charge is 2.11. The number of anilines is 1. The van der Waals surface area contributed by atoms with Crippen molar-refractivity contribution in [2.24, 2.45) is 0 Å². The van der Waals surface area contributed by atoms with Crippen molar-refractivity contribution in [1.82, 2.24) is 0 Å². The van der Waals surface area contributed by atoms with Crippen LogP contribution in [0.15, 0.2) is 30.3 Å². The number of rotatable bonds is 1. The summed E-state index contributed by atoms with van der Waals surface area (Å²) in [6, 6.07) is 9.38. The topological polar surface area (TPSA) is 20.3 Å². The van der Waals surface area contributed by atoms with E-state index < -0.39 is 0 Å². The van der Waals surface area contributed by atoms with Gasteiger partial charge < -0.3 is 0 Å². The second-order valence-corrected chi connectivity index (χ2v) is 3.30. The maximum Gasteiger partial charge on any atom is 0.228 e. The SMILES string of the molecule is CC(=O)N(C(C)=S)c1ccccc1. The van der Waals surface area contributed by atoms with Crippen molar-refractivity contribution in [3.63, 3.8) is 0 Å². The van der Waals surface area contributed by atoms with Crippen molar-refractivity contribution >= 4 is 28.8 Å². The summed E-state index contributed by atoms with van der Waals surface area (Å²) in [5.41, 5.74) is 0.822. The van der Waals surface area contributed by atoms with Gasteiger partial charge in [-0.05, 0) is 19.1 Å². The maximum atomic E-state index is 11.2. The number of hydrogen-bond acceptors (Lipinski definition) is 2. The number of hydrogen-bond donors (Lipinski definition) is 0. The van der Waals surface area contributed by atoms with Crippen LogP contribution in [0.1, 0.15) is 13.8 Å². The summed E-state index contributed by atoms with van der Waals surface area (Å²) >= 11 is 4.98. The number of amides is 1. The van der Waals surface area contributed by atoms with E-state index in [2.05, 4.69) is 0 Å². The van der Waals surface area contributed by atoms with Crippen LogP contribution in [0, 0.1) is 0 Å². The molecule has 68 valence electrons. The Labute approximate surface area is 83.2 Å². The first-order valence-corrected chi connectivity index (χ1v) is 4.40. The number of carbonyl (C=O) groups is 1. The molecule has 1 aromatic carbocycles. The summed E-state index contributed by atoms with van der Waals surface area (Å²) < 4.78 is 0. The van der Waals surface area contributed by atoms with Crippen molar-refractivity contribution in [2.75, 3.05) is 4.90 Å². The van der Waals surface area contributed by atoms with Gasteiger partial charge in [-0.25, -0.2) is 0 Å². The fraction of sp³-hybridized carbons (Fsp3) is 0.200. The molecule has 0 N–H and O–H groups in total. The van der Waals surface area contributed by atoms with Crippen molar-refractivity contribution < 1.29 is 4.79 Å². The van der Waals surface area contributed by atoms with E-state index in [4.69, 9.17) is 12.2 Å². The molecule has 0 radical (unpaired) electrons. The molecule has 0 bridgehead atoms. The lowest BCUT2D eigenvalue weighted by molar-refractivity contribution is -0.115. The molecule has 0 aliphatic rings. The van der Waals surface area contributed by atoms with E-state index in [-0.39, 0.29) is 5.91 Å². The van der Waals surface area contributed by atoms with Gasteiger partial charge in [-0.3, -0.25) is 9.69 Å². The van der Waals surface area contributed by atoms with Crippen LogP contribution in [0.5, 0.6) is 0 Å². The number of nitrogens with zero attached hydrogens (tertiary/aromatic N) is 1. The third-order valence-corrected chi connectivity index (χ3v) is 1.83. The van der Waals surface area contributed by atoms with Crippen LogP contribution in [-0.2, 0) is 4.79 Å². The summed E-state index contributed by atoms with van der Waals surface area (Å²) in [5.74, 6) is -0.0568. The quantitative estimate of drug-likeness (QED) is 0.638. The van der Waals surface area contributed by atoms with Crippen LogP contribution < -0.4 is 4.90 Å². The largest absolute Gasteiger partial charge is 0.275 e. The highest BCUT2D eigenvalue weighted by molar-refractivity contribution is 7.80. The molecule has 13 heavy (non-hydrogen) atoms. The van der Waals surface area contributed by atoms with Crippen LogP contribution >= 0.6 is 12.2 Å². The van der Waals surface area contributed by atoms with Gasteiger partial charge in [0, 0.05) is 12.6 Å². The zero-order valence-electron chi connectivity index (χ0n) is 7.65. The maximum absolute atomic E-state index is 11.2. The number of thiocarbonyl (C=S) groups is 1. The lowest BCUT2D eigenvalue weighted by atomic mass is 10.3. The van der Waals surface area contributed by atoms with E-state index >= 15 is 0 Å². The van der Waals surface area contributed by atoms with E-state index in [9.17, 15) is 4.79 Å². The average molecular weight is 193 g/mol. The fourth-order valence-corrected chi connectivity index (χ4v) is 1.40. The van der Waals surface area contributed by atoms with Gasteiger partial charge in [0.05, 0.1) is 4.99 Å². The predicted molar refractivity (Wildman–Crippen MR) is 57.9 cm³/mol. The Morgan fingerprint density at radius 1 is 1.23 bits per heavy atom. The molecule has 0 unspecified atom stereocenters. The molecule has 0 aromatic heterocycles. The Morgan fingerprint density at radius 2 is 1.77 bits per heavy atom. The van der Waals surface area contributed by atoms with Gasteiger partial charge in [0.1, 0.15) is 0 Å². The molecule has 0 heterocycles. The lowest BCUT2D eigenvalue weighted by Gasteiger charge is -2.18. The molecular weight excluding hydrogens is 182 g/mol. The highest BCUT2D eigenvalue weighted by atomic mass is 32.1. The zero-order valence-corrected chi connectivity index (χ0v) is 8.47. The lowest BCUT2D eigenvalue weighted by Crippen LogP contribution is -2.31. The minimum atomic E-state index is -0.0568. The molecule has 0 saturated carbocycles. The van der Waals surface area contributed by atoms with Gasteiger partial charge >= 0.3 is 0 Å².